The molecular formula is C23H26N4O2. The van der Waals surface area contributed by atoms with Crippen LogP contribution in [0.5, 0.6) is 0 Å². The Bertz CT molecular complexity index is 908. The molecule has 6 nitrogen and oxygen atoms in total. The summed E-state index contributed by atoms with van der Waals surface area (Å²) in [6.45, 7) is 3.38. The average molecular weight is 390 g/mol. The molecular weight excluding hydrogens is 364 g/mol. The molecule has 3 aliphatic rings. The number of hydrogen-bond donors (Lipinski definition) is 2. The molecule has 2 aromatic rings. The van der Waals surface area contributed by atoms with Crippen LogP contribution in [0.2, 0.25) is 0 Å². The quantitative estimate of drug-likeness (QED) is 0.790. The summed E-state index contributed by atoms with van der Waals surface area (Å²) in [6, 6.07) is 17.2. The van der Waals surface area contributed by atoms with Crippen LogP contribution < -0.4 is 10.6 Å². The number of hydrogen-bond acceptors (Lipinski definition) is 4. The van der Waals surface area contributed by atoms with Gasteiger partial charge in [-0.15, -0.1) is 0 Å². The molecule has 0 bridgehead atoms. The van der Waals surface area contributed by atoms with Crippen molar-refractivity contribution in [2.45, 2.75) is 18.5 Å². The van der Waals surface area contributed by atoms with Crippen molar-refractivity contribution in [2.75, 3.05) is 38.0 Å². The Balaban J connectivity index is 1.41. The van der Waals surface area contributed by atoms with Gasteiger partial charge in [-0.25, -0.2) is 0 Å². The Hall–Kier alpha value is -2.86. The van der Waals surface area contributed by atoms with Crippen LogP contribution in [0.1, 0.15) is 40.0 Å². The van der Waals surface area contributed by atoms with E-state index in [0.29, 0.717) is 32.1 Å². The van der Waals surface area contributed by atoms with Crippen molar-refractivity contribution in [1.29, 1.82) is 0 Å². The summed E-state index contributed by atoms with van der Waals surface area (Å²) in [5.74, 6) is 0.518. The molecule has 2 saturated heterocycles. The van der Waals surface area contributed by atoms with Crippen molar-refractivity contribution < 1.29 is 9.59 Å². The lowest BCUT2D eigenvalue weighted by Crippen LogP contribution is -2.48. The molecule has 2 fully saturated rings. The predicted molar refractivity (Wildman–Crippen MR) is 112 cm³/mol. The second kappa shape index (κ2) is 7.52. The zero-order valence-electron chi connectivity index (χ0n) is 16.4. The van der Waals surface area contributed by atoms with Crippen molar-refractivity contribution in [3.8, 4) is 0 Å². The molecule has 0 saturated carbocycles. The highest BCUT2D eigenvalue weighted by Crippen LogP contribution is 2.47. The minimum absolute atomic E-state index is 0.0538. The van der Waals surface area contributed by atoms with Gasteiger partial charge in [-0.2, -0.15) is 0 Å². The number of anilines is 1. The first-order valence-electron chi connectivity index (χ1n) is 10.4. The standard InChI is InChI=1S/C23H26N4O2/c28-15-26-10-12-27(13-11-26)23(29)17-6-7-20-19(14-17)22-18(8-9-24-22)21(25-20)16-4-2-1-3-5-16/h1-7,14-15,18,21-22,24-25H,8-13H2/t18-,21?,22-/m0/s1. The largest absolute Gasteiger partial charge is 0.378 e. The Morgan fingerprint density at radius 1 is 1.00 bits per heavy atom. The lowest BCUT2D eigenvalue weighted by molar-refractivity contribution is -0.119. The maximum absolute atomic E-state index is 13.0. The molecule has 2 amide bonds. The molecule has 0 aromatic heterocycles. The van der Waals surface area contributed by atoms with Crippen molar-refractivity contribution in [3.63, 3.8) is 0 Å². The van der Waals surface area contributed by atoms with E-state index in [2.05, 4.69) is 53.1 Å². The molecule has 29 heavy (non-hydrogen) atoms. The van der Waals surface area contributed by atoms with Crippen molar-refractivity contribution in [2.24, 2.45) is 5.92 Å². The summed E-state index contributed by atoms with van der Waals surface area (Å²) in [6.07, 6.45) is 1.98. The highest BCUT2D eigenvalue weighted by molar-refractivity contribution is 5.95. The van der Waals surface area contributed by atoms with Gasteiger partial charge in [0.05, 0.1) is 6.04 Å². The van der Waals surface area contributed by atoms with Gasteiger partial charge >= 0.3 is 0 Å². The first kappa shape index (κ1) is 18.2. The van der Waals surface area contributed by atoms with E-state index in [0.717, 1.165) is 30.6 Å². The summed E-state index contributed by atoms with van der Waals surface area (Å²) in [5.41, 5.74) is 4.34. The Labute approximate surface area is 170 Å². The molecule has 3 heterocycles. The minimum Gasteiger partial charge on any atom is -0.378 e. The van der Waals surface area contributed by atoms with Crippen LogP contribution in [-0.2, 0) is 4.79 Å². The molecule has 6 heteroatoms. The summed E-state index contributed by atoms with van der Waals surface area (Å²) >= 11 is 0. The molecule has 1 unspecified atom stereocenters. The van der Waals surface area contributed by atoms with Crippen LogP contribution in [0.25, 0.3) is 0 Å². The van der Waals surface area contributed by atoms with Crippen molar-refractivity contribution in [3.05, 3.63) is 65.2 Å². The maximum atomic E-state index is 13.0. The number of fused-ring (bicyclic) bond motifs is 3. The third kappa shape index (κ3) is 3.27. The second-order valence-corrected chi connectivity index (χ2v) is 8.15. The fourth-order valence-corrected chi connectivity index (χ4v) is 4.99. The first-order chi connectivity index (χ1) is 14.2. The fourth-order valence-electron chi connectivity index (χ4n) is 4.99. The van der Waals surface area contributed by atoms with Gasteiger partial charge in [0.2, 0.25) is 6.41 Å². The number of benzene rings is 2. The lowest BCUT2D eigenvalue weighted by Gasteiger charge is -2.38. The van der Waals surface area contributed by atoms with E-state index in [1.54, 1.807) is 4.90 Å². The van der Waals surface area contributed by atoms with Gasteiger partial charge in [-0.3, -0.25) is 9.59 Å². The minimum atomic E-state index is 0.0538. The molecule has 150 valence electrons. The van der Waals surface area contributed by atoms with Gasteiger partial charge in [0.25, 0.3) is 5.91 Å². The zero-order valence-corrected chi connectivity index (χ0v) is 16.4. The van der Waals surface area contributed by atoms with E-state index in [4.69, 9.17) is 0 Å². The van der Waals surface area contributed by atoms with Crippen LogP contribution in [0.15, 0.2) is 48.5 Å². The van der Waals surface area contributed by atoms with Crippen LogP contribution in [0.4, 0.5) is 5.69 Å². The number of rotatable bonds is 3. The van der Waals surface area contributed by atoms with Crippen molar-refractivity contribution in [1.82, 2.24) is 15.1 Å². The maximum Gasteiger partial charge on any atom is 0.253 e. The molecule has 0 aliphatic carbocycles. The van der Waals surface area contributed by atoms with E-state index in [-0.39, 0.29) is 18.0 Å². The SMILES string of the molecule is O=CN1CCN(C(=O)c2ccc3c(c2)[C@H]2NCC[C@H]2C(c2ccccc2)N3)CC1. The van der Waals surface area contributed by atoms with Gasteiger partial charge in [0, 0.05) is 49.4 Å². The van der Waals surface area contributed by atoms with E-state index in [1.165, 1.54) is 11.1 Å². The van der Waals surface area contributed by atoms with Crippen LogP contribution >= 0.6 is 0 Å². The summed E-state index contributed by atoms with van der Waals surface area (Å²) in [5, 5.41) is 7.40. The zero-order chi connectivity index (χ0) is 19.8. The summed E-state index contributed by atoms with van der Waals surface area (Å²) in [7, 11) is 0. The number of carbonyl (C=O) groups is 2. The molecule has 2 aromatic carbocycles. The smallest absolute Gasteiger partial charge is 0.253 e. The number of piperazine rings is 1. The summed E-state index contributed by atoms with van der Waals surface area (Å²) in [4.78, 5) is 27.5. The van der Waals surface area contributed by atoms with Gasteiger partial charge in [-0.05, 0) is 42.3 Å². The topological polar surface area (TPSA) is 64.7 Å². The fraction of sp³-hybridized carbons (Fsp3) is 0.391. The Morgan fingerprint density at radius 2 is 1.79 bits per heavy atom. The number of carbonyl (C=O) groups excluding carboxylic acids is 2. The average Bonchev–Trinajstić information content (AvgIpc) is 3.29. The molecule has 0 radical (unpaired) electrons. The van der Waals surface area contributed by atoms with E-state index >= 15 is 0 Å². The van der Waals surface area contributed by atoms with E-state index in [1.807, 2.05) is 11.0 Å². The van der Waals surface area contributed by atoms with Gasteiger partial charge in [-0.1, -0.05) is 30.3 Å². The summed E-state index contributed by atoms with van der Waals surface area (Å²) < 4.78 is 0. The monoisotopic (exact) mass is 390 g/mol. The number of nitrogens with one attached hydrogen (secondary N) is 2. The van der Waals surface area contributed by atoms with E-state index < -0.39 is 0 Å². The lowest BCUT2D eigenvalue weighted by atomic mass is 9.80. The van der Waals surface area contributed by atoms with Crippen LogP contribution in [0.3, 0.4) is 0 Å². The molecule has 3 atom stereocenters. The Morgan fingerprint density at radius 3 is 2.55 bits per heavy atom. The Kier molecular flexibility index (Phi) is 4.72. The van der Waals surface area contributed by atoms with Crippen LogP contribution in [0, 0.1) is 5.92 Å². The highest BCUT2D eigenvalue weighted by atomic mass is 16.2. The van der Waals surface area contributed by atoms with E-state index in [9.17, 15) is 9.59 Å². The molecule has 2 N–H and O–H groups in total. The van der Waals surface area contributed by atoms with Gasteiger partial charge < -0.3 is 20.4 Å². The molecule has 3 aliphatic heterocycles. The van der Waals surface area contributed by atoms with Crippen LogP contribution in [-0.4, -0.2) is 54.8 Å². The third-order valence-corrected chi connectivity index (χ3v) is 6.55. The predicted octanol–water partition coefficient (Wildman–Crippen LogP) is 2.42. The van der Waals surface area contributed by atoms with Gasteiger partial charge in [0.1, 0.15) is 0 Å². The molecule has 5 rings (SSSR count). The third-order valence-electron chi connectivity index (χ3n) is 6.55. The number of nitrogens with zero attached hydrogens (tertiary/aromatic N) is 2. The van der Waals surface area contributed by atoms with Crippen molar-refractivity contribution >= 4 is 18.0 Å². The molecule has 0 spiro atoms. The van der Waals surface area contributed by atoms with Gasteiger partial charge in [0.15, 0.2) is 0 Å². The first-order valence-corrected chi connectivity index (χ1v) is 10.4. The highest BCUT2D eigenvalue weighted by Gasteiger charge is 2.40. The normalized spacial score (nSPS) is 25.7. The number of amides is 2. The second-order valence-electron chi connectivity index (χ2n) is 8.15.